The number of fused-ring (bicyclic) bond motifs is 1. The second kappa shape index (κ2) is 10.4. The minimum atomic E-state index is -4.19. The summed E-state index contributed by atoms with van der Waals surface area (Å²) in [6.45, 7) is -0.201. The second-order valence-corrected chi connectivity index (χ2v) is 10.9. The van der Waals surface area contributed by atoms with E-state index in [-0.39, 0.29) is 29.0 Å². The number of hydrogen-bond acceptors (Lipinski definition) is 7. The van der Waals surface area contributed by atoms with E-state index in [1.54, 1.807) is 41.9 Å². The first-order valence-corrected chi connectivity index (χ1v) is 13.5. The van der Waals surface area contributed by atoms with Crippen molar-refractivity contribution in [2.75, 3.05) is 6.54 Å². The molecule has 1 unspecified atom stereocenters. The van der Waals surface area contributed by atoms with E-state index < -0.39 is 39.8 Å². The zero-order valence-electron chi connectivity index (χ0n) is 20.2. The Bertz CT molecular complexity index is 1440. The summed E-state index contributed by atoms with van der Waals surface area (Å²) in [6.07, 6.45) is 0.885. The molecule has 1 saturated carbocycles. The molecule has 2 N–H and O–H groups in total. The Hall–Kier alpha value is -4.06. The van der Waals surface area contributed by atoms with Crippen molar-refractivity contribution in [3.8, 4) is 11.5 Å². The number of nitrogens with one attached hydrogen (secondary N) is 1. The summed E-state index contributed by atoms with van der Waals surface area (Å²) >= 11 is 0. The maximum Gasteiger partial charge on any atom is 0.261 e. The average Bonchev–Trinajstić information content (AvgIpc) is 3.74. The molecule has 0 aromatic heterocycles. The lowest BCUT2D eigenvalue weighted by Gasteiger charge is -2.30. The smallest absolute Gasteiger partial charge is 0.261 e. The number of rotatable bonds is 10. The van der Waals surface area contributed by atoms with E-state index in [0.717, 1.165) is 9.21 Å². The molecule has 5 rings (SSSR count). The van der Waals surface area contributed by atoms with Crippen molar-refractivity contribution in [2.45, 2.75) is 36.2 Å². The van der Waals surface area contributed by atoms with Crippen LogP contribution in [0.5, 0.6) is 11.5 Å². The lowest BCUT2D eigenvalue weighted by Crippen LogP contribution is -2.51. The van der Waals surface area contributed by atoms with Gasteiger partial charge in [0, 0.05) is 12.6 Å². The Morgan fingerprint density at radius 1 is 0.921 bits per heavy atom. The van der Waals surface area contributed by atoms with E-state index in [9.17, 15) is 28.0 Å². The number of hydrogen-bond donors (Lipinski definition) is 2. The molecular formula is C27H25N3O7S. The van der Waals surface area contributed by atoms with E-state index in [1.165, 1.54) is 24.3 Å². The summed E-state index contributed by atoms with van der Waals surface area (Å²) in [5.74, 6) is -0.938. The highest BCUT2D eigenvalue weighted by atomic mass is 32.2. The van der Waals surface area contributed by atoms with Crippen LogP contribution in [0.4, 0.5) is 0 Å². The minimum Gasteiger partial charge on any atom is -0.457 e. The monoisotopic (exact) mass is 535 g/mol. The van der Waals surface area contributed by atoms with Crippen molar-refractivity contribution < 1.29 is 32.7 Å². The molecule has 0 radical (unpaired) electrons. The van der Waals surface area contributed by atoms with Gasteiger partial charge in [-0.3, -0.25) is 24.5 Å². The van der Waals surface area contributed by atoms with Crippen molar-refractivity contribution in [3.63, 3.8) is 0 Å². The zero-order valence-corrected chi connectivity index (χ0v) is 21.0. The third-order valence-electron chi connectivity index (χ3n) is 6.51. The molecule has 11 heteroatoms. The number of sulfonamides is 1. The zero-order chi connectivity index (χ0) is 26.9. The maximum absolute atomic E-state index is 13.7. The van der Waals surface area contributed by atoms with Gasteiger partial charge in [-0.05, 0) is 67.8 Å². The van der Waals surface area contributed by atoms with Crippen LogP contribution in [0, 0.1) is 0 Å². The van der Waals surface area contributed by atoms with Crippen LogP contribution in [0.3, 0.4) is 0 Å². The third-order valence-corrected chi connectivity index (χ3v) is 8.48. The fourth-order valence-corrected chi connectivity index (χ4v) is 6.38. The second-order valence-electron chi connectivity index (χ2n) is 9.04. The summed E-state index contributed by atoms with van der Waals surface area (Å²) < 4.78 is 34.3. The quantitative estimate of drug-likeness (QED) is 0.231. The van der Waals surface area contributed by atoms with E-state index >= 15 is 0 Å². The number of carbonyl (C=O) groups is 3. The molecule has 1 fully saturated rings. The minimum absolute atomic E-state index is 0.0544. The van der Waals surface area contributed by atoms with Crippen LogP contribution in [0.2, 0.25) is 0 Å². The molecule has 2 aliphatic rings. The topological polar surface area (TPSA) is 133 Å². The summed E-state index contributed by atoms with van der Waals surface area (Å²) in [5.41, 5.74) is 2.06. The van der Waals surface area contributed by atoms with Crippen LogP contribution in [-0.2, 0) is 14.8 Å². The molecule has 196 valence electrons. The number of carbonyl (C=O) groups excluding carboxylic acids is 3. The number of benzene rings is 3. The van der Waals surface area contributed by atoms with Gasteiger partial charge >= 0.3 is 0 Å². The van der Waals surface area contributed by atoms with Crippen LogP contribution in [0.1, 0.15) is 40.0 Å². The number of ether oxygens (including phenoxy) is 1. The van der Waals surface area contributed by atoms with Gasteiger partial charge in [-0.25, -0.2) is 13.9 Å². The van der Waals surface area contributed by atoms with Crippen LogP contribution >= 0.6 is 0 Å². The Morgan fingerprint density at radius 3 is 2.03 bits per heavy atom. The molecule has 3 amide bonds. The molecule has 38 heavy (non-hydrogen) atoms. The van der Waals surface area contributed by atoms with Crippen molar-refractivity contribution in [2.24, 2.45) is 0 Å². The largest absolute Gasteiger partial charge is 0.457 e. The fourth-order valence-electron chi connectivity index (χ4n) is 4.52. The van der Waals surface area contributed by atoms with E-state index in [4.69, 9.17) is 4.74 Å². The summed E-state index contributed by atoms with van der Waals surface area (Å²) in [7, 11) is -4.19. The molecule has 3 aromatic carbocycles. The number of hydroxylamine groups is 1. The van der Waals surface area contributed by atoms with Gasteiger partial charge in [0.05, 0.1) is 16.0 Å². The van der Waals surface area contributed by atoms with Gasteiger partial charge in [0.25, 0.3) is 17.7 Å². The van der Waals surface area contributed by atoms with Crippen molar-refractivity contribution >= 4 is 27.7 Å². The molecule has 3 aromatic rings. The molecule has 1 atom stereocenters. The van der Waals surface area contributed by atoms with E-state index in [2.05, 4.69) is 0 Å². The third kappa shape index (κ3) is 4.91. The molecule has 1 heterocycles. The molecule has 0 spiro atoms. The van der Waals surface area contributed by atoms with Gasteiger partial charge in [-0.1, -0.05) is 30.3 Å². The average molecular weight is 536 g/mol. The predicted octanol–water partition coefficient (Wildman–Crippen LogP) is 3.19. The van der Waals surface area contributed by atoms with Crippen molar-refractivity contribution in [3.05, 3.63) is 90.0 Å². The Morgan fingerprint density at radius 2 is 1.47 bits per heavy atom. The standard InChI is InChI=1S/C27H25N3O7S/c31-25(28-34)24(16-17-29-26(32)22-8-4-5-9-23(22)27(29)33)30(18-10-11-18)38(35,36)21-14-12-20(13-15-21)37-19-6-2-1-3-7-19/h1-9,12-15,18,24,34H,10-11,16-17H2,(H,28,31). The van der Waals surface area contributed by atoms with Crippen LogP contribution in [0.15, 0.2) is 83.8 Å². The number of amides is 3. The van der Waals surface area contributed by atoms with Crippen LogP contribution in [0.25, 0.3) is 0 Å². The molecule has 0 bridgehead atoms. The lowest BCUT2D eigenvalue weighted by molar-refractivity contribution is -0.133. The fraction of sp³-hybridized carbons (Fsp3) is 0.222. The summed E-state index contributed by atoms with van der Waals surface area (Å²) in [6, 6.07) is 19.4. The first kappa shape index (κ1) is 25.6. The van der Waals surface area contributed by atoms with Gasteiger partial charge in [-0.2, -0.15) is 4.31 Å². The van der Waals surface area contributed by atoms with E-state index in [0.29, 0.717) is 24.3 Å². The Labute approximate surface area is 219 Å². The molecule has 1 aliphatic carbocycles. The molecular weight excluding hydrogens is 510 g/mol. The molecule has 10 nitrogen and oxygen atoms in total. The first-order chi connectivity index (χ1) is 18.3. The Balaban J connectivity index is 1.37. The van der Waals surface area contributed by atoms with Crippen molar-refractivity contribution in [1.29, 1.82) is 0 Å². The maximum atomic E-state index is 13.7. The highest BCUT2D eigenvalue weighted by Crippen LogP contribution is 2.36. The molecule has 1 aliphatic heterocycles. The van der Waals surface area contributed by atoms with Gasteiger partial charge in [0.2, 0.25) is 10.0 Å². The summed E-state index contributed by atoms with van der Waals surface area (Å²) in [4.78, 5) is 39.2. The van der Waals surface area contributed by atoms with Crippen LogP contribution < -0.4 is 10.2 Å². The highest BCUT2D eigenvalue weighted by Gasteiger charge is 2.46. The SMILES string of the molecule is O=C(NO)C(CCN1C(=O)c2ccccc2C1=O)N(C1CC1)S(=O)(=O)c1ccc(Oc2ccccc2)cc1. The predicted molar refractivity (Wildman–Crippen MR) is 135 cm³/mol. The van der Waals surface area contributed by atoms with E-state index in [1.807, 2.05) is 18.2 Å². The molecule has 0 saturated heterocycles. The van der Waals surface area contributed by atoms with Gasteiger partial charge in [-0.15, -0.1) is 0 Å². The first-order valence-electron chi connectivity index (χ1n) is 12.1. The van der Waals surface area contributed by atoms with Gasteiger partial charge in [0.15, 0.2) is 0 Å². The summed E-state index contributed by atoms with van der Waals surface area (Å²) in [5, 5.41) is 9.42. The number of para-hydroxylation sites is 1. The van der Waals surface area contributed by atoms with Gasteiger partial charge in [0.1, 0.15) is 17.5 Å². The Kier molecular flexibility index (Phi) is 6.98. The number of imide groups is 1. The van der Waals surface area contributed by atoms with Crippen molar-refractivity contribution in [1.82, 2.24) is 14.7 Å². The highest BCUT2D eigenvalue weighted by molar-refractivity contribution is 7.89. The lowest BCUT2D eigenvalue weighted by atomic mass is 10.1. The van der Waals surface area contributed by atoms with Gasteiger partial charge < -0.3 is 4.74 Å². The van der Waals surface area contributed by atoms with Crippen LogP contribution in [-0.4, -0.2) is 59.2 Å². The number of nitrogens with zero attached hydrogens (tertiary/aromatic N) is 2. The normalized spacial score (nSPS) is 15.9.